The Hall–Kier alpha value is -1.79. The maximum atomic E-state index is 5.73. The van der Waals surface area contributed by atoms with Crippen LogP contribution in [0.25, 0.3) is 5.69 Å². The van der Waals surface area contributed by atoms with Crippen molar-refractivity contribution in [2.75, 3.05) is 12.4 Å². The number of hydrogen-bond donors (Lipinski definition) is 0. The number of benzene rings is 2. The van der Waals surface area contributed by atoms with E-state index in [1.807, 2.05) is 41.0 Å². The van der Waals surface area contributed by atoms with Crippen LogP contribution in [0.3, 0.4) is 0 Å². The van der Waals surface area contributed by atoms with Crippen molar-refractivity contribution in [3.63, 3.8) is 0 Å². The minimum absolute atomic E-state index is 0.618. The molecule has 0 saturated carbocycles. The number of ether oxygens (including phenoxy) is 1. The molecule has 0 aliphatic carbocycles. The summed E-state index contributed by atoms with van der Waals surface area (Å²) in [6, 6.07) is 16.0. The van der Waals surface area contributed by atoms with Crippen molar-refractivity contribution in [3.8, 4) is 11.4 Å². The van der Waals surface area contributed by atoms with Crippen LogP contribution in [0.1, 0.15) is 5.56 Å². The van der Waals surface area contributed by atoms with E-state index in [1.165, 1.54) is 5.56 Å². The molecule has 0 unspecified atom stereocenters. The first-order chi connectivity index (χ1) is 11.2. The molecular weight excluding hydrogens is 374 g/mol. The molecule has 0 radical (unpaired) electrons. The van der Waals surface area contributed by atoms with E-state index in [2.05, 4.69) is 45.2 Å². The predicted octanol–water partition coefficient (Wildman–Crippen LogP) is 4.51. The van der Waals surface area contributed by atoms with Crippen molar-refractivity contribution < 1.29 is 4.74 Å². The molecule has 1 aromatic heterocycles. The number of nitrogens with zero attached hydrogens (tertiary/aromatic N) is 3. The highest BCUT2D eigenvalue weighted by molar-refractivity contribution is 9.10. The Morgan fingerprint density at radius 2 is 1.91 bits per heavy atom. The number of aromatic nitrogens is 3. The van der Waals surface area contributed by atoms with Crippen LogP contribution in [0, 0.1) is 6.92 Å². The number of halogens is 1. The van der Waals surface area contributed by atoms with Crippen molar-refractivity contribution in [3.05, 3.63) is 64.9 Å². The Balaban J connectivity index is 1.58. The molecule has 2 aromatic carbocycles. The normalized spacial score (nSPS) is 10.7. The Morgan fingerprint density at radius 1 is 1.13 bits per heavy atom. The summed E-state index contributed by atoms with van der Waals surface area (Å²) in [4.78, 5) is 0. The van der Waals surface area contributed by atoms with Gasteiger partial charge in [0.1, 0.15) is 12.1 Å². The zero-order valence-electron chi connectivity index (χ0n) is 12.6. The highest BCUT2D eigenvalue weighted by Crippen LogP contribution is 2.22. The van der Waals surface area contributed by atoms with E-state index in [0.717, 1.165) is 26.8 Å². The molecule has 0 atom stereocenters. The van der Waals surface area contributed by atoms with Gasteiger partial charge in [0.15, 0.2) is 5.16 Å². The average molecular weight is 390 g/mol. The fourth-order valence-corrected chi connectivity index (χ4v) is 3.15. The Bertz CT molecular complexity index is 774. The Morgan fingerprint density at radius 3 is 2.70 bits per heavy atom. The van der Waals surface area contributed by atoms with Crippen molar-refractivity contribution in [2.24, 2.45) is 0 Å². The number of aryl methyl sites for hydroxylation is 1. The molecule has 23 heavy (non-hydrogen) atoms. The Kier molecular flexibility index (Phi) is 5.35. The molecule has 4 nitrogen and oxygen atoms in total. The lowest BCUT2D eigenvalue weighted by Gasteiger charge is -2.09. The lowest BCUT2D eigenvalue weighted by Crippen LogP contribution is -2.02. The third kappa shape index (κ3) is 4.14. The summed E-state index contributed by atoms with van der Waals surface area (Å²) in [6.07, 6.45) is 1.75. The molecule has 0 aliphatic rings. The highest BCUT2D eigenvalue weighted by atomic mass is 79.9. The summed E-state index contributed by atoms with van der Waals surface area (Å²) in [5, 5.41) is 9.11. The molecule has 0 N–H and O–H groups in total. The third-order valence-corrected chi connectivity index (χ3v) is 4.72. The fraction of sp³-hybridized carbons (Fsp3) is 0.176. The quantitative estimate of drug-likeness (QED) is 0.459. The van der Waals surface area contributed by atoms with E-state index in [1.54, 1.807) is 18.1 Å². The topological polar surface area (TPSA) is 39.9 Å². The van der Waals surface area contributed by atoms with E-state index in [0.29, 0.717) is 6.61 Å². The SMILES string of the molecule is Cc1ccccc1-n1cnnc1SCCOc1ccc(Br)cc1. The van der Waals surface area contributed by atoms with Crippen LogP contribution in [0.4, 0.5) is 0 Å². The predicted molar refractivity (Wildman–Crippen MR) is 96.5 cm³/mol. The van der Waals surface area contributed by atoms with Gasteiger partial charge in [-0.15, -0.1) is 10.2 Å². The second kappa shape index (κ2) is 7.66. The van der Waals surface area contributed by atoms with Gasteiger partial charge >= 0.3 is 0 Å². The first kappa shape index (κ1) is 16.1. The van der Waals surface area contributed by atoms with Gasteiger partial charge in [-0.25, -0.2) is 0 Å². The van der Waals surface area contributed by atoms with E-state index >= 15 is 0 Å². The van der Waals surface area contributed by atoms with E-state index in [9.17, 15) is 0 Å². The largest absolute Gasteiger partial charge is 0.493 e. The third-order valence-electron chi connectivity index (χ3n) is 3.29. The summed E-state index contributed by atoms with van der Waals surface area (Å²) in [7, 11) is 0. The van der Waals surface area contributed by atoms with Gasteiger partial charge in [0.2, 0.25) is 0 Å². The lowest BCUT2D eigenvalue weighted by molar-refractivity contribution is 0.344. The second-order valence-electron chi connectivity index (χ2n) is 4.92. The average Bonchev–Trinajstić information content (AvgIpc) is 3.02. The highest BCUT2D eigenvalue weighted by Gasteiger charge is 2.08. The van der Waals surface area contributed by atoms with Crippen LogP contribution >= 0.6 is 27.7 Å². The van der Waals surface area contributed by atoms with E-state index in [-0.39, 0.29) is 0 Å². The minimum Gasteiger partial charge on any atom is -0.493 e. The van der Waals surface area contributed by atoms with Crippen molar-refractivity contribution in [2.45, 2.75) is 12.1 Å². The molecule has 0 aliphatic heterocycles. The number of para-hydroxylation sites is 1. The molecule has 3 aromatic rings. The first-order valence-corrected chi connectivity index (χ1v) is 8.99. The van der Waals surface area contributed by atoms with Crippen molar-refractivity contribution in [1.29, 1.82) is 0 Å². The molecule has 3 rings (SSSR count). The summed E-state index contributed by atoms with van der Waals surface area (Å²) in [5.41, 5.74) is 2.30. The molecule has 1 heterocycles. The van der Waals surface area contributed by atoms with Crippen LogP contribution in [-0.4, -0.2) is 27.1 Å². The summed E-state index contributed by atoms with van der Waals surface area (Å²) < 4.78 is 8.79. The molecule has 0 amide bonds. The van der Waals surface area contributed by atoms with Crippen molar-refractivity contribution >= 4 is 27.7 Å². The summed E-state index contributed by atoms with van der Waals surface area (Å²) >= 11 is 5.05. The van der Waals surface area contributed by atoms with Crippen LogP contribution in [0.15, 0.2) is 64.5 Å². The molecule has 6 heteroatoms. The maximum Gasteiger partial charge on any atom is 0.195 e. The second-order valence-corrected chi connectivity index (χ2v) is 6.90. The van der Waals surface area contributed by atoms with Gasteiger partial charge in [-0.1, -0.05) is 45.9 Å². The summed E-state index contributed by atoms with van der Waals surface area (Å²) in [6.45, 7) is 2.70. The Labute approximate surface area is 148 Å². The van der Waals surface area contributed by atoms with Gasteiger partial charge < -0.3 is 4.74 Å². The number of rotatable bonds is 6. The van der Waals surface area contributed by atoms with Crippen LogP contribution in [0.5, 0.6) is 5.75 Å². The molecule has 0 bridgehead atoms. The summed E-state index contributed by atoms with van der Waals surface area (Å²) in [5.74, 6) is 1.68. The van der Waals surface area contributed by atoms with Gasteiger partial charge in [-0.3, -0.25) is 4.57 Å². The fourth-order valence-electron chi connectivity index (χ4n) is 2.15. The maximum absolute atomic E-state index is 5.73. The zero-order valence-corrected chi connectivity index (χ0v) is 15.0. The molecule has 0 fully saturated rings. The first-order valence-electron chi connectivity index (χ1n) is 7.21. The monoisotopic (exact) mass is 389 g/mol. The minimum atomic E-state index is 0.618. The number of hydrogen-bond acceptors (Lipinski definition) is 4. The van der Waals surface area contributed by atoms with Gasteiger partial charge in [0.25, 0.3) is 0 Å². The zero-order chi connectivity index (χ0) is 16.1. The van der Waals surface area contributed by atoms with Crippen molar-refractivity contribution in [1.82, 2.24) is 14.8 Å². The standard InChI is InChI=1S/C17H16BrN3OS/c1-13-4-2-3-5-16(13)21-12-19-20-17(21)23-11-10-22-15-8-6-14(18)7-9-15/h2-9,12H,10-11H2,1H3. The van der Waals surface area contributed by atoms with E-state index in [4.69, 9.17) is 4.74 Å². The van der Waals surface area contributed by atoms with Crippen LogP contribution in [-0.2, 0) is 0 Å². The van der Waals surface area contributed by atoms with Crippen LogP contribution < -0.4 is 4.74 Å². The molecule has 118 valence electrons. The number of thioether (sulfide) groups is 1. The van der Waals surface area contributed by atoms with Gasteiger partial charge in [-0.05, 0) is 42.8 Å². The van der Waals surface area contributed by atoms with Crippen LogP contribution in [0.2, 0.25) is 0 Å². The lowest BCUT2D eigenvalue weighted by atomic mass is 10.2. The molecule has 0 spiro atoms. The van der Waals surface area contributed by atoms with Gasteiger partial charge in [-0.2, -0.15) is 0 Å². The van der Waals surface area contributed by atoms with Gasteiger partial charge in [0, 0.05) is 10.2 Å². The smallest absolute Gasteiger partial charge is 0.195 e. The molecular formula is C17H16BrN3OS. The van der Waals surface area contributed by atoms with E-state index < -0.39 is 0 Å². The van der Waals surface area contributed by atoms with Gasteiger partial charge in [0.05, 0.1) is 12.3 Å². The molecule has 0 saturated heterocycles.